The van der Waals surface area contributed by atoms with Crippen LogP contribution in [-0.2, 0) is 6.54 Å². The fourth-order valence-electron chi connectivity index (χ4n) is 3.30. The Morgan fingerprint density at radius 1 is 1.21 bits per heavy atom. The molecule has 102 valence electrons. The summed E-state index contributed by atoms with van der Waals surface area (Å²) in [6, 6.07) is 0. The van der Waals surface area contributed by atoms with Crippen molar-refractivity contribution in [2.24, 2.45) is 5.92 Å². The van der Waals surface area contributed by atoms with Gasteiger partial charge in [0.1, 0.15) is 12.0 Å². The highest BCUT2D eigenvalue weighted by Gasteiger charge is 2.20. The van der Waals surface area contributed by atoms with E-state index in [1.165, 1.54) is 44.1 Å². The van der Waals surface area contributed by atoms with Crippen molar-refractivity contribution >= 4 is 11.0 Å². The summed E-state index contributed by atoms with van der Waals surface area (Å²) in [5, 5.41) is 10.7. The molecule has 1 aliphatic rings. The molecule has 0 unspecified atom stereocenters. The molecule has 0 radical (unpaired) electrons. The van der Waals surface area contributed by atoms with Gasteiger partial charge in [-0.2, -0.15) is 0 Å². The summed E-state index contributed by atoms with van der Waals surface area (Å²) in [7, 11) is 0. The molecule has 0 aliphatic heterocycles. The molecule has 2 heterocycles. The van der Waals surface area contributed by atoms with Gasteiger partial charge in [-0.05, 0) is 38.2 Å². The molecule has 19 heavy (non-hydrogen) atoms. The summed E-state index contributed by atoms with van der Waals surface area (Å²) < 4.78 is 2.27. The third-order valence-corrected chi connectivity index (χ3v) is 4.55. The zero-order valence-corrected chi connectivity index (χ0v) is 11.7. The Balaban J connectivity index is 2.03. The van der Waals surface area contributed by atoms with E-state index in [1.54, 1.807) is 0 Å². The fraction of sp³-hybridized carbons (Fsp3) is 0.600. The second kappa shape index (κ2) is 4.83. The second-order valence-corrected chi connectivity index (χ2v) is 5.72. The highest BCUT2D eigenvalue weighted by Crippen LogP contribution is 2.32. The number of nitrogens with zero attached hydrogens (tertiary/aromatic N) is 3. The van der Waals surface area contributed by atoms with Crippen molar-refractivity contribution < 1.29 is 5.11 Å². The maximum Gasteiger partial charge on any atom is 0.223 e. The lowest BCUT2D eigenvalue weighted by Gasteiger charge is -2.23. The molecule has 1 aliphatic carbocycles. The van der Waals surface area contributed by atoms with Gasteiger partial charge in [-0.15, -0.1) is 0 Å². The average molecular weight is 259 g/mol. The minimum Gasteiger partial charge on any atom is -0.493 e. The van der Waals surface area contributed by atoms with E-state index < -0.39 is 0 Å². The van der Waals surface area contributed by atoms with Crippen LogP contribution in [0.25, 0.3) is 11.0 Å². The van der Waals surface area contributed by atoms with E-state index in [2.05, 4.69) is 21.5 Å². The summed E-state index contributed by atoms with van der Waals surface area (Å²) in [6.45, 7) is 5.17. The molecule has 1 N–H and O–H groups in total. The van der Waals surface area contributed by atoms with Gasteiger partial charge >= 0.3 is 0 Å². The van der Waals surface area contributed by atoms with Crippen LogP contribution in [0.1, 0.15) is 43.4 Å². The van der Waals surface area contributed by atoms with Crippen LogP contribution in [0.4, 0.5) is 0 Å². The van der Waals surface area contributed by atoms with Crippen LogP contribution >= 0.6 is 0 Å². The summed E-state index contributed by atoms with van der Waals surface area (Å²) in [5.41, 5.74) is 3.19. The smallest absolute Gasteiger partial charge is 0.223 e. The number of aromatic nitrogens is 3. The lowest BCUT2D eigenvalue weighted by atomic mass is 9.89. The molecule has 0 aromatic carbocycles. The van der Waals surface area contributed by atoms with Crippen molar-refractivity contribution in [1.29, 1.82) is 0 Å². The van der Waals surface area contributed by atoms with Gasteiger partial charge in [0, 0.05) is 12.2 Å². The highest BCUT2D eigenvalue weighted by atomic mass is 16.3. The first kappa shape index (κ1) is 12.5. The normalized spacial score (nSPS) is 17.2. The van der Waals surface area contributed by atoms with Gasteiger partial charge in [0.2, 0.25) is 5.88 Å². The van der Waals surface area contributed by atoms with Crippen LogP contribution in [0.5, 0.6) is 5.88 Å². The first-order valence-electron chi connectivity index (χ1n) is 7.18. The van der Waals surface area contributed by atoms with Crippen LogP contribution in [0.2, 0.25) is 0 Å². The van der Waals surface area contributed by atoms with Gasteiger partial charge in [0.05, 0.1) is 5.39 Å². The van der Waals surface area contributed by atoms with Gasteiger partial charge < -0.3 is 9.67 Å². The molecule has 3 rings (SSSR count). The van der Waals surface area contributed by atoms with Crippen LogP contribution in [0.15, 0.2) is 6.33 Å². The van der Waals surface area contributed by atoms with E-state index in [-0.39, 0.29) is 5.88 Å². The SMILES string of the molecule is Cc1c(C)n(CC2CCCCC2)c2ncnc(O)c12. The quantitative estimate of drug-likeness (QED) is 0.900. The van der Waals surface area contributed by atoms with Crippen molar-refractivity contribution in [3.8, 4) is 5.88 Å². The van der Waals surface area contributed by atoms with E-state index in [4.69, 9.17) is 0 Å². The first-order valence-corrected chi connectivity index (χ1v) is 7.18. The van der Waals surface area contributed by atoms with Crippen molar-refractivity contribution in [2.45, 2.75) is 52.5 Å². The minimum atomic E-state index is 0.105. The van der Waals surface area contributed by atoms with Crippen molar-refractivity contribution in [3.05, 3.63) is 17.6 Å². The molecule has 2 aromatic rings. The number of rotatable bonds is 2. The lowest BCUT2D eigenvalue weighted by molar-refractivity contribution is 0.320. The monoisotopic (exact) mass is 259 g/mol. The Bertz CT molecular complexity index is 597. The Hall–Kier alpha value is -1.58. The predicted molar refractivity (Wildman–Crippen MR) is 75.2 cm³/mol. The van der Waals surface area contributed by atoms with Gasteiger partial charge in [-0.25, -0.2) is 9.97 Å². The Kier molecular flexibility index (Phi) is 3.17. The summed E-state index contributed by atoms with van der Waals surface area (Å²) in [6.07, 6.45) is 8.16. The highest BCUT2D eigenvalue weighted by molar-refractivity contribution is 5.86. The lowest BCUT2D eigenvalue weighted by Crippen LogP contribution is -2.15. The van der Waals surface area contributed by atoms with E-state index >= 15 is 0 Å². The van der Waals surface area contributed by atoms with Crippen molar-refractivity contribution in [1.82, 2.24) is 14.5 Å². The van der Waals surface area contributed by atoms with Gasteiger partial charge in [-0.1, -0.05) is 19.3 Å². The summed E-state index contributed by atoms with van der Waals surface area (Å²) in [5.74, 6) is 0.854. The fourth-order valence-corrected chi connectivity index (χ4v) is 3.30. The van der Waals surface area contributed by atoms with Crippen LogP contribution in [-0.4, -0.2) is 19.6 Å². The zero-order valence-electron chi connectivity index (χ0n) is 11.7. The van der Waals surface area contributed by atoms with E-state index in [0.29, 0.717) is 0 Å². The maximum absolute atomic E-state index is 9.93. The number of hydrogen-bond donors (Lipinski definition) is 1. The van der Waals surface area contributed by atoms with E-state index in [1.807, 2.05) is 6.92 Å². The molecule has 1 saturated carbocycles. The Morgan fingerprint density at radius 3 is 2.68 bits per heavy atom. The standard InChI is InChI=1S/C15H21N3O/c1-10-11(2)18(8-12-6-4-3-5-7-12)14-13(10)15(19)17-9-16-14/h9,12H,3-8H2,1-2H3,(H,16,17,19). The molecule has 4 heteroatoms. The largest absolute Gasteiger partial charge is 0.493 e. The van der Waals surface area contributed by atoms with Crippen LogP contribution in [0, 0.1) is 19.8 Å². The van der Waals surface area contributed by atoms with E-state index in [0.717, 1.165) is 29.1 Å². The van der Waals surface area contributed by atoms with Crippen molar-refractivity contribution in [2.75, 3.05) is 0 Å². The molecular formula is C15H21N3O. The van der Waals surface area contributed by atoms with Crippen molar-refractivity contribution in [3.63, 3.8) is 0 Å². The van der Waals surface area contributed by atoms with Crippen LogP contribution < -0.4 is 0 Å². The molecule has 0 bridgehead atoms. The molecule has 2 aromatic heterocycles. The van der Waals surface area contributed by atoms with Gasteiger partial charge in [-0.3, -0.25) is 0 Å². The number of aromatic hydroxyl groups is 1. The molecule has 0 atom stereocenters. The Labute approximate surface area is 113 Å². The molecule has 0 amide bonds. The van der Waals surface area contributed by atoms with Gasteiger partial charge in [0.25, 0.3) is 0 Å². The maximum atomic E-state index is 9.93. The average Bonchev–Trinajstić information content (AvgIpc) is 2.66. The topological polar surface area (TPSA) is 50.9 Å². The third kappa shape index (κ3) is 2.09. The Morgan fingerprint density at radius 2 is 1.95 bits per heavy atom. The van der Waals surface area contributed by atoms with E-state index in [9.17, 15) is 5.11 Å². The number of hydrogen-bond acceptors (Lipinski definition) is 3. The number of fused-ring (bicyclic) bond motifs is 1. The minimum absolute atomic E-state index is 0.105. The zero-order chi connectivity index (χ0) is 13.4. The predicted octanol–water partition coefficient (Wildman–Crippen LogP) is 3.33. The van der Waals surface area contributed by atoms with Gasteiger partial charge in [0.15, 0.2) is 0 Å². The number of aryl methyl sites for hydroxylation is 1. The van der Waals surface area contributed by atoms with Crippen LogP contribution in [0.3, 0.4) is 0 Å². The second-order valence-electron chi connectivity index (χ2n) is 5.72. The first-order chi connectivity index (χ1) is 9.18. The molecule has 0 spiro atoms. The molecule has 0 saturated heterocycles. The summed E-state index contributed by atoms with van der Waals surface area (Å²) in [4.78, 5) is 8.28. The summed E-state index contributed by atoms with van der Waals surface area (Å²) >= 11 is 0. The molecule has 4 nitrogen and oxygen atoms in total. The molecular weight excluding hydrogens is 238 g/mol. The molecule has 1 fully saturated rings. The third-order valence-electron chi connectivity index (χ3n) is 4.55.